The van der Waals surface area contributed by atoms with E-state index in [1.807, 2.05) is 13.0 Å². The second-order valence-corrected chi connectivity index (χ2v) is 4.32. The van der Waals surface area contributed by atoms with Crippen molar-refractivity contribution in [2.75, 3.05) is 11.9 Å². The topological polar surface area (TPSA) is 37.8 Å². The average molecular weight is 270 g/mol. The summed E-state index contributed by atoms with van der Waals surface area (Å²) in [6.45, 7) is 7.00. The second-order valence-electron chi connectivity index (χ2n) is 3.51. The van der Waals surface area contributed by atoms with Crippen molar-refractivity contribution in [3.63, 3.8) is 0 Å². The van der Waals surface area contributed by atoms with Crippen molar-refractivity contribution >= 4 is 21.7 Å². The third kappa shape index (κ3) is 4.42. The summed E-state index contributed by atoms with van der Waals surface area (Å²) >= 11 is 3.37. The predicted octanol–water partition coefficient (Wildman–Crippen LogP) is 3.18. The van der Waals surface area contributed by atoms with E-state index in [0.29, 0.717) is 0 Å². The van der Waals surface area contributed by atoms with E-state index in [9.17, 15) is 0 Å². The number of allylic oxidation sites excluding steroid dienone is 1. The molecule has 0 aromatic carbocycles. The molecule has 0 fully saturated rings. The Balaban J connectivity index is 2.68. The van der Waals surface area contributed by atoms with Gasteiger partial charge >= 0.3 is 0 Å². The summed E-state index contributed by atoms with van der Waals surface area (Å²) in [7, 11) is 0. The van der Waals surface area contributed by atoms with Gasteiger partial charge in [0.25, 0.3) is 0 Å². The van der Waals surface area contributed by atoms with Crippen LogP contribution in [-0.2, 0) is 6.42 Å². The Morgan fingerprint density at radius 3 is 2.80 bits per heavy atom. The molecule has 0 unspecified atom stereocenters. The predicted molar refractivity (Wildman–Crippen MR) is 67.0 cm³/mol. The fourth-order valence-electron chi connectivity index (χ4n) is 1.07. The van der Waals surface area contributed by atoms with E-state index in [0.717, 1.165) is 29.2 Å². The first kappa shape index (κ1) is 12.2. The number of anilines is 1. The Labute approximate surface area is 99.2 Å². The van der Waals surface area contributed by atoms with Crippen molar-refractivity contribution in [3.8, 4) is 0 Å². The summed E-state index contributed by atoms with van der Waals surface area (Å²) in [6, 6.07) is 1.89. The minimum absolute atomic E-state index is 0.801. The number of halogens is 1. The quantitative estimate of drug-likeness (QED) is 0.674. The summed E-state index contributed by atoms with van der Waals surface area (Å²) < 4.78 is 0.828. The Hall–Kier alpha value is -0.900. The molecule has 0 atom stereocenters. The van der Waals surface area contributed by atoms with Crippen molar-refractivity contribution < 1.29 is 0 Å². The van der Waals surface area contributed by atoms with Crippen LogP contribution in [0.2, 0.25) is 0 Å². The van der Waals surface area contributed by atoms with E-state index in [1.54, 1.807) is 0 Å². The maximum atomic E-state index is 4.37. The summed E-state index contributed by atoms with van der Waals surface area (Å²) in [6.07, 6.45) is 2.97. The van der Waals surface area contributed by atoms with Crippen LogP contribution in [0.25, 0.3) is 0 Å². The molecule has 15 heavy (non-hydrogen) atoms. The molecule has 1 aromatic heterocycles. The van der Waals surface area contributed by atoms with Crippen LogP contribution in [-0.4, -0.2) is 16.5 Å². The zero-order chi connectivity index (χ0) is 11.3. The highest BCUT2D eigenvalue weighted by molar-refractivity contribution is 9.10. The molecule has 4 heteroatoms. The van der Waals surface area contributed by atoms with Crippen molar-refractivity contribution in [2.24, 2.45) is 0 Å². The van der Waals surface area contributed by atoms with E-state index in [4.69, 9.17) is 0 Å². The monoisotopic (exact) mass is 269 g/mol. The van der Waals surface area contributed by atoms with E-state index < -0.39 is 0 Å². The van der Waals surface area contributed by atoms with Gasteiger partial charge in [-0.25, -0.2) is 9.97 Å². The Kier molecular flexibility index (Phi) is 4.75. The van der Waals surface area contributed by atoms with Crippen LogP contribution in [0.1, 0.15) is 26.6 Å². The largest absolute Gasteiger partial charge is 0.366 e. The van der Waals surface area contributed by atoms with Crippen LogP contribution in [0.15, 0.2) is 22.3 Å². The molecular weight excluding hydrogens is 254 g/mol. The molecule has 0 saturated heterocycles. The Morgan fingerprint density at radius 1 is 1.47 bits per heavy atom. The molecule has 1 heterocycles. The van der Waals surface area contributed by atoms with Crippen LogP contribution in [0.3, 0.4) is 0 Å². The van der Waals surface area contributed by atoms with Crippen LogP contribution < -0.4 is 5.32 Å². The van der Waals surface area contributed by atoms with Gasteiger partial charge in [0.1, 0.15) is 16.2 Å². The van der Waals surface area contributed by atoms with Gasteiger partial charge in [0.2, 0.25) is 0 Å². The second kappa shape index (κ2) is 5.85. The van der Waals surface area contributed by atoms with Gasteiger partial charge in [0.05, 0.1) is 0 Å². The molecule has 1 N–H and O–H groups in total. The van der Waals surface area contributed by atoms with E-state index in [-0.39, 0.29) is 0 Å². The number of nitrogens with zero attached hydrogens (tertiary/aromatic N) is 2. The molecule has 0 spiro atoms. The third-order valence-electron chi connectivity index (χ3n) is 1.85. The lowest BCUT2D eigenvalue weighted by Crippen LogP contribution is -2.04. The van der Waals surface area contributed by atoms with E-state index in [1.165, 1.54) is 5.57 Å². The lowest BCUT2D eigenvalue weighted by molar-refractivity contribution is 0.927. The van der Waals surface area contributed by atoms with Crippen LogP contribution in [0.5, 0.6) is 0 Å². The molecule has 0 aliphatic rings. The van der Waals surface area contributed by atoms with Crippen molar-refractivity contribution in [3.05, 3.63) is 28.1 Å². The van der Waals surface area contributed by atoms with Crippen LogP contribution >= 0.6 is 15.9 Å². The van der Waals surface area contributed by atoms with Gasteiger partial charge in [0.15, 0.2) is 0 Å². The highest BCUT2D eigenvalue weighted by atomic mass is 79.9. The SMILES string of the molecule is CCc1nc(Br)cc(NCC=C(C)C)n1. The molecule has 1 rings (SSSR count). The first-order chi connectivity index (χ1) is 7.11. The maximum Gasteiger partial charge on any atom is 0.131 e. The molecule has 0 bridgehead atoms. The number of aromatic nitrogens is 2. The molecule has 0 radical (unpaired) electrons. The third-order valence-corrected chi connectivity index (χ3v) is 2.26. The minimum Gasteiger partial charge on any atom is -0.366 e. The van der Waals surface area contributed by atoms with Crippen molar-refractivity contribution in [1.82, 2.24) is 9.97 Å². The molecule has 0 aliphatic carbocycles. The number of rotatable bonds is 4. The summed E-state index contributed by atoms with van der Waals surface area (Å²) in [5, 5.41) is 3.23. The number of hydrogen-bond acceptors (Lipinski definition) is 3. The molecule has 0 amide bonds. The first-order valence-electron chi connectivity index (χ1n) is 5.02. The first-order valence-corrected chi connectivity index (χ1v) is 5.81. The lowest BCUT2D eigenvalue weighted by atomic mass is 10.3. The van der Waals surface area contributed by atoms with Crippen molar-refractivity contribution in [1.29, 1.82) is 0 Å². The standard InChI is InChI=1S/C11H16BrN3/c1-4-10-14-9(12)7-11(15-10)13-6-5-8(2)3/h5,7H,4,6H2,1-3H3,(H,13,14,15). The summed E-state index contributed by atoms with van der Waals surface area (Å²) in [4.78, 5) is 8.61. The van der Waals surface area contributed by atoms with Crippen LogP contribution in [0, 0.1) is 0 Å². The zero-order valence-electron chi connectivity index (χ0n) is 9.34. The Bertz CT molecular complexity index is 357. The number of aryl methyl sites for hydroxylation is 1. The number of nitrogens with one attached hydrogen (secondary N) is 1. The lowest BCUT2D eigenvalue weighted by Gasteiger charge is -2.05. The van der Waals surface area contributed by atoms with Gasteiger partial charge in [-0.1, -0.05) is 18.6 Å². The highest BCUT2D eigenvalue weighted by Crippen LogP contribution is 2.12. The smallest absolute Gasteiger partial charge is 0.131 e. The summed E-state index contributed by atoms with van der Waals surface area (Å²) in [5.41, 5.74) is 1.30. The van der Waals surface area contributed by atoms with E-state index in [2.05, 4.69) is 51.1 Å². The number of hydrogen-bond donors (Lipinski definition) is 1. The molecule has 0 aliphatic heterocycles. The van der Waals surface area contributed by atoms with Gasteiger partial charge in [-0.15, -0.1) is 0 Å². The van der Waals surface area contributed by atoms with Gasteiger partial charge in [-0.05, 0) is 29.8 Å². The molecular formula is C11H16BrN3. The van der Waals surface area contributed by atoms with Gasteiger partial charge in [-0.2, -0.15) is 0 Å². The van der Waals surface area contributed by atoms with Crippen LogP contribution in [0.4, 0.5) is 5.82 Å². The molecule has 0 saturated carbocycles. The fraction of sp³-hybridized carbons (Fsp3) is 0.455. The van der Waals surface area contributed by atoms with Gasteiger partial charge < -0.3 is 5.32 Å². The normalized spacial score (nSPS) is 9.87. The fourth-order valence-corrected chi connectivity index (χ4v) is 1.49. The van der Waals surface area contributed by atoms with E-state index >= 15 is 0 Å². The molecule has 1 aromatic rings. The average Bonchev–Trinajstić information content (AvgIpc) is 2.16. The molecule has 82 valence electrons. The maximum absolute atomic E-state index is 4.37. The van der Waals surface area contributed by atoms with Crippen molar-refractivity contribution in [2.45, 2.75) is 27.2 Å². The zero-order valence-corrected chi connectivity index (χ0v) is 10.9. The highest BCUT2D eigenvalue weighted by Gasteiger charge is 1.99. The van der Waals surface area contributed by atoms with Gasteiger partial charge in [0, 0.05) is 19.0 Å². The summed E-state index contributed by atoms with van der Waals surface area (Å²) in [5.74, 6) is 1.72. The minimum atomic E-state index is 0.801. The molecule has 3 nitrogen and oxygen atoms in total. The Morgan fingerprint density at radius 2 is 2.20 bits per heavy atom. The van der Waals surface area contributed by atoms with Gasteiger partial charge in [-0.3, -0.25) is 0 Å².